The molecule has 118 valence electrons. The van der Waals surface area contributed by atoms with E-state index in [-0.39, 0.29) is 11.2 Å². The minimum absolute atomic E-state index is 0.111. The fourth-order valence-corrected chi connectivity index (χ4v) is 2.41. The van der Waals surface area contributed by atoms with Crippen LogP contribution in [-0.4, -0.2) is 19.9 Å². The van der Waals surface area contributed by atoms with Crippen LogP contribution in [-0.2, 0) is 5.41 Å². The summed E-state index contributed by atoms with van der Waals surface area (Å²) in [5, 5.41) is 0. The molecule has 0 fully saturated rings. The van der Waals surface area contributed by atoms with Crippen molar-refractivity contribution in [2.45, 2.75) is 40.0 Å². The smallest absolute Gasteiger partial charge is 0.182 e. The topological polar surface area (TPSA) is 51.6 Å². The van der Waals surface area contributed by atoms with Gasteiger partial charge in [0.25, 0.3) is 0 Å². The lowest BCUT2D eigenvalue weighted by atomic mass is 9.86. The number of aromatic nitrogens is 4. The normalized spacial score (nSPS) is 11.9. The van der Waals surface area contributed by atoms with E-state index in [1.54, 1.807) is 12.1 Å². The van der Waals surface area contributed by atoms with Crippen LogP contribution in [0.2, 0.25) is 0 Å². The number of nitrogens with zero attached hydrogens (tertiary/aromatic N) is 4. The highest BCUT2D eigenvalue weighted by Gasteiger charge is 2.18. The first-order valence-electron chi connectivity index (χ1n) is 7.54. The average Bonchev–Trinajstić information content (AvgIpc) is 2.47. The van der Waals surface area contributed by atoms with Crippen molar-refractivity contribution in [1.82, 2.24) is 19.9 Å². The molecule has 0 saturated carbocycles. The van der Waals surface area contributed by atoms with E-state index in [9.17, 15) is 4.39 Å². The standard InChI is InChI=1S/C18H19FN4/c1-10-11(2)23-17-16(22-10)15(20-9-21-17)13-7-6-12(8-14(13)19)18(3,4)5/h6-9H,1-5H3. The number of hydrogen-bond acceptors (Lipinski definition) is 4. The zero-order valence-corrected chi connectivity index (χ0v) is 14.0. The molecule has 2 aromatic heterocycles. The van der Waals surface area contributed by atoms with Crippen molar-refractivity contribution < 1.29 is 4.39 Å². The second kappa shape index (κ2) is 5.33. The lowest BCUT2D eigenvalue weighted by Crippen LogP contribution is -2.11. The van der Waals surface area contributed by atoms with E-state index in [2.05, 4.69) is 40.7 Å². The SMILES string of the molecule is Cc1nc2ncnc(-c3ccc(C(C)(C)C)cc3F)c2nc1C. The van der Waals surface area contributed by atoms with Crippen LogP contribution in [0.4, 0.5) is 4.39 Å². The molecule has 3 rings (SSSR count). The molecule has 0 aliphatic carbocycles. The van der Waals surface area contributed by atoms with Crippen LogP contribution in [0.1, 0.15) is 37.7 Å². The molecular formula is C18H19FN4. The lowest BCUT2D eigenvalue weighted by molar-refractivity contribution is 0.573. The van der Waals surface area contributed by atoms with Gasteiger partial charge in [0, 0.05) is 5.56 Å². The second-order valence-electron chi connectivity index (χ2n) is 6.73. The lowest BCUT2D eigenvalue weighted by Gasteiger charge is -2.19. The zero-order chi connectivity index (χ0) is 16.8. The fraction of sp³-hybridized carbons (Fsp3) is 0.333. The summed E-state index contributed by atoms with van der Waals surface area (Å²) in [4.78, 5) is 17.3. The van der Waals surface area contributed by atoms with Crippen molar-refractivity contribution in [3.63, 3.8) is 0 Å². The van der Waals surface area contributed by atoms with Crippen LogP contribution < -0.4 is 0 Å². The van der Waals surface area contributed by atoms with Gasteiger partial charge in [-0.1, -0.05) is 26.8 Å². The summed E-state index contributed by atoms with van der Waals surface area (Å²) in [6, 6.07) is 5.26. The number of aryl methyl sites for hydroxylation is 2. The molecule has 0 saturated heterocycles. The van der Waals surface area contributed by atoms with Gasteiger partial charge in [-0.3, -0.25) is 0 Å². The molecule has 0 amide bonds. The van der Waals surface area contributed by atoms with Crippen molar-refractivity contribution in [2.24, 2.45) is 0 Å². The van der Waals surface area contributed by atoms with E-state index >= 15 is 0 Å². The highest BCUT2D eigenvalue weighted by Crippen LogP contribution is 2.30. The Morgan fingerprint density at radius 3 is 2.30 bits per heavy atom. The van der Waals surface area contributed by atoms with Crippen LogP contribution in [0.15, 0.2) is 24.5 Å². The molecule has 0 spiro atoms. The Morgan fingerprint density at radius 2 is 1.65 bits per heavy atom. The van der Waals surface area contributed by atoms with Gasteiger partial charge in [0.1, 0.15) is 23.4 Å². The third-order valence-corrected chi connectivity index (χ3v) is 3.97. The minimum Gasteiger partial charge on any atom is -0.246 e. The minimum atomic E-state index is -0.308. The Labute approximate surface area is 134 Å². The second-order valence-corrected chi connectivity index (χ2v) is 6.73. The van der Waals surface area contributed by atoms with Gasteiger partial charge in [0.2, 0.25) is 0 Å². The first-order valence-corrected chi connectivity index (χ1v) is 7.54. The maximum absolute atomic E-state index is 14.7. The van der Waals surface area contributed by atoms with E-state index in [4.69, 9.17) is 0 Å². The third-order valence-electron chi connectivity index (χ3n) is 3.97. The van der Waals surface area contributed by atoms with E-state index in [1.165, 1.54) is 6.33 Å². The summed E-state index contributed by atoms with van der Waals surface area (Å²) in [5.74, 6) is -0.308. The molecule has 3 aromatic rings. The molecule has 23 heavy (non-hydrogen) atoms. The number of fused-ring (bicyclic) bond motifs is 1. The van der Waals surface area contributed by atoms with Crippen molar-refractivity contribution in [3.05, 3.63) is 47.3 Å². The van der Waals surface area contributed by atoms with E-state index in [0.29, 0.717) is 22.4 Å². The van der Waals surface area contributed by atoms with Crippen LogP contribution in [0, 0.1) is 19.7 Å². The molecule has 0 radical (unpaired) electrons. The van der Waals surface area contributed by atoms with Crippen LogP contribution in [0.5, 0.6) is 0 Å². The number of halogens is 1. The molecule has 2 heterocycles. The zero-order valence-electron chi connectivity index (χ0n) is 14.0. The summed E-state index contributed by atoms with van der Waals surface area (Å²) in [7, 11) is 0. The van der Waals surface area contributed by atoms with Gasteiger partial charge in [0.15, 0.2) is 5.65 Å². The molecule has 1 aromatic carbocycles. The quantitative estimate of drug-likeness (QED) is 0.678. The van der Waals surface area contributed by atoms with Gasteiger partial charge in [-0.25, -0.2) is 24.3 Å². The van der Waals surface area contributed by atoms with Crippen LogP contribution in [0.3, 0.4) is 0 Å². The Kier molecular flexibility index (Phi) is 3.59. The Bertz CT molecular complexity index is 897. The summed E-state index contributed by atoms with van der Waals surface area (Å²) in [6.45, 7) is 9.91. The molecule has 4 nitrogen and oxygen atoms in total. The Morgan fingerprint density at radius 1 is 0.957 bits per heavy atom. The molecule has 0 aliphatic rings. The van der Waals surface area contributed by atoms with Gasteiger partial charge in [-0.05, 0) is 37.0 Å². The molecule has 5 heteroatoms. The monoisotopic (exact) mass is 310 g/mol. The summed E-state index contributed by atoms with van der Waals surface area (Å²) in [6.07, 6.45) is 1.40. The maximum atomic E-state index is 14.7. The first kappa shape index (κ1) is 15.5. The van der Waals surface area contributed by atoms with Gasteiger partial charge < -0.3 is 0 Å². The van der Waals surface area contributed by atoms with Gasteiger partial charge >= 0.3 is 0 Å². The highest BCUT2D eigenvalue weighted by molar-refractivity contribution is 5.86. The molecule has 0 bridgehead atoms. The van der Waals surface area contributed by atoms with Gasteiger partial charge in [-0.2, -0.15) is 0 Å². The third kappa shape index (κ3) is 2.79. The summed E-state index contributed by atoms with van der Waals surface area (Å²) in [5.41, 5.74) is 4.34. The Balaban J connectivity index is 2.23. The maximum Gasteiger partial charge on any atom is 0.182 e. The van der Waals surface area contributed by atoms with E-state index in [0.717, 1.165) is 17.0 Å². The van der Waals surface area contributed by atoms with Crippen molar-refractivity contribution >= 4 is 11.2 Å². The number of hydrogen-bond donors (Lipinski definition) is 0. The first-order chi connectivity index (χ1) is 10.8. The summed E-state index contributed by atoms with van der Waals surface area (Å²) >= 11 is 0. The Hall–Kier alpha value is -2.43. The fourth-order valence-electron chi connectivity index (χ4n) is 2.41. The summed E-state index contributed by atoms with van der Waals surface area (Å²) < 4.78 is 14.7. The predicted molar refractivity (Wildman–Crippen MR) is 88.7 cm³/mol. The van der Waals surface area contributed by atoms with Crippen molar-refractivity contribution in [2.75, 3.05) is 0 Å². The molecule has 0 N–H and O–H groups in total. The molecule has 0 atom stereocenters. The van der Waals surface area contributed by atoms with Gasteiger partial charge in [-0.15, -0.1) is 0 Å². The predicted octanol–water partition coefficient (Wildman–Crippen LogP) is 4.14. The highest BCUT2D eigenvalue weighted by atomic mass is 19.1. The molecular weight excluding hydrogens is 291 g/mol. The van der Waals surface area contributed by atoms with E-state index in [1.807, 2.05) is 19.9 Å². The van der Waals surface area contributed by atoms with Gasteiger partial charge in [0.05, 0.1) is 11.4 Å². The number of benzene rings is 1. The van der Waals surface area contributed by atoms with Crippen LogP contribution in [0.25, 0.3) is 22.4 Å². The van der Waals surface area contributed by atoms with Crippen molar-refractivity contribution in [3.8, 4) is 11.3 Å². The molecule has 0 aliphatic heterocycles. The average molecular weight is 310 g/mol. The van der Waals surface area contributed by atoms with Crippen molar-refractivity contribution in [1.29, 1.82) is 0 Å². The van der Waals surface area contributed by atoms with E-state index < -0.39 is 0 Å². The largest absolute Gasteiger partial charge is 0.246 e. The molecule has 0 unspecified atom stereocenters. The van der Waals surface area contributed by atoms with Crippen LogP contribution >= 0.6 is 0 Å². The number of rotatable bonds is 1.